The van der Waals surface area contributed by atoms with Crippen molar-refractivity contribution in [2.24, 2.45) is 5.41 Å². The number of benzene rings is 2. The summed E-state index contributed by atoms with van der Waals surface area (Å²) in [4.78, 5) is 16.5. The first-order chi connectivity index (χ1) is 13.7. The summed E-state index contributed by atoms with van der Waals surface area (Å²) in [5.74, 6) is 0.0977. The molecule has 136 valence electrons. The third kappa shape index (κ3) is 3.05. The van der Waals surface area contributed by atoms with E-state index in [4.69, 9.17) is 11.8 Å². The summed E-state index contributed by atoms with van der Waals surface area (Å²) in [5.41, 5.74) is 4.62. The number of allylic oxidation sites excluding steroid dienone is 2. The zero-order valence-corrected chi connectivity index (χ0v) is 15.4. The number of nitrogens with one attached hydrogen (secondary N) is 1. The van der Waals surface area contributed by atoms with Crippen molar-refractivity contribution < 1.29 is 4.79 Å². The monoisotopic (exact) mass is 365 g/mol. The molecule has 4 rings (SSSR count). The van der Waals surface area contributed by atoms with Gasteiger partial charge in [-0.2, -0.15) is 5.26 Å². The molecule has 1 spiro atoms. The lowest BCUT2D eigenvalue weighted by Crippen LogP contribution is -2.50. The van der Waals surface area contributed by atoms with E-state index < -0.39 is 0 Å². The lowest BCUT2D eigenvalue weighted by molar-refractivity contribution is -0.118. The Kier molecular flexibility index (Phi) is 4.65. The van der Waals surface area contributed by atoms with Gasteiger partial charge in [0.15, 0.2) is 11.5 Å². The molecule has 1 aliphatic heterocycles. The van der Waals surface area contributed by atoms with Gasteiger partial charge in [-0.3, -0.25) is 4.79 Å². The molecule has 1 heterocycles. The number of rotatable bonds is 2. The largest absolute Gasteiger partial charge is 0.317 e. The minimum Gasteiger partial charge on any atom is -0.317 e. The van der Waals surface area contributed by atoms with Crippen LogP contribution in [0.25, 0.3) is 17.0 Å². The van der Waals surface area contributed by atoms with E-state index in [1.165, 1.54) is 0 Å². The Morgan fingerprint density at radius 1 is 0.964 bits per heavy atom. The fourth-order valence-electron chi connectivity index (χ4n) is 4.09. The van der Waals surface area contributed by atoms with Crippen LogP contribution < -0.4 is 5.32 Å². The van der Waals surface area contributed by atoms with E-state index >= 15 is 0 Å². The molecular weight excluding hydrogens is 346 g/mol. The van der Waals surface area contributed by atoms with E-state index in [-0.39, 0.29) is 11.2 Å². The zero-order chi connectivity index (χ0) is 19.6. The number of ketones is 1. The van der Waals surface area contributed by atoms with Crippen molar-refractivity contribution in [3.8, 4) is 6.07 Å². The van der Waals surface area contributed by atoms with Gasteiger partial charge in [0.1, 0.15) is 0 Å². The second kappa shape index (κ2) is 7.27. The van der Waals surface area contributed by atoms with Crippen LogP contribution in [0, 0.1) is 23.3 Å². The Hall–Kier alpha value is -3.47. The fourth-order valence-corrected chi connectivity index (χ4v) is 4.09. The number of carbonyl (C=O) groups is 1. The summed E-state index contributed by atoms with van der Waals surface area (Å²) < 4.78 is 0. The highest BCUT2D eigenvalue weighted by atomic mass is 16.1. The predicted octanol–water partition coefficient (Wildman–Crippen LogP) is 4.53. The average Bonchev–Trinajstić information content (AvgIpc) is 2.77. The van der Waals surface area contributed by atoms with Crippen LogP contribution in [-0.4, -0.2) is 18.9 Å². The summed E-state index contributed by atoms with van der Waals surface area (Å²) in [6.45, 7) is 8.83. The molecule has 4 heteroatoms. The van der Waals surface area contributed by atoms with Gasteiger partial charge in [-0.05, 0) is 61.3 Å². The van der Waals surface area contributed by atoms with Crippen LogP contribution in [0.15, 0.2) is 59.7 Å². The Bertz CT molecular complexity index is 975. The van der Waals surface area contributed by atoms with E-state index in [1.54, 1.807) is 24.3 Å². The van der Waals surface area contributed by atoms with E-state index in [0.717, 1.165) is 48.2 Å². The van der Waals surface area contributed by atoms with Crippen molar-refractivity contribution in [3.05, 3.63) is 87.8 Å². The van der Waals surface area contributed by atoms with Crippen molar-refractivity contribution in [2.75, 3.05) is 13.1 Å². The Morgan fingerprint density at radius 2 is 1.50 bits per heavy atom. The van der Waals surface area contributed by atoms with Gasteiger partial charge in [0, 0.05) is 16.6 Å². The zero-order valence-electron chi connectivity index (χ0n) is 15.4. The molecule has 2 fully saturated rings. The van der Waals surface area contributed by atoms with E-state index in [9.17, 15) is 4.79 Å². The number of hydrogen-bond acceptors (Lipinski definition) is 3. The number of carbonyl (C=O) groups excluding carboxylic acids is 1. The van der Waals surface area contributed by atoms with Gasteiger partial charge in [0.25, 0.3) is 0 Å². The maximum atomic E-state index is 13.0. The maximum absolute atomic E-state index is 13.0. The number of nitriles is 1. The Balaban J connectivity index is 1.71. The van der Waals surface area contributed by atoms with Crippen LogP contribution in [0.1, 0.15) is 29.5 Å². The summed E-state index contributed by atoms with van der Waals surface area (Å²) in [7, 11) is 0. The van der Waals surface area contributed by atoms with Gasteiger partial charge in [-0.1, -0.05) is 36.4 Å². The van der Waals surface area contributed by atoms with Gasteiger partial charge in [0.2, 0.25) is 0 Å². The smallest absolute Gasteiger partial charge is 0.187 e. The molecule has 0 amide bonds. The molecule has 1 aliphatic carbocycles. The highest BCUT2D eigenvalue weighted by molar-refractivity contribution is 6.23. The minimum atomic E-state index is -0.214. The van der Waals surface area contributed by atoms with Crippen molar-refractivity contribution in [2.45, 2.75) is 12.8 Å². The minimum absolute atomic E-state index is 0.0977. The molecule has 0 atom stereocenters. The molecule has 0 unspecified atom stereocenters. The van der Waals surface area contributed by atoms with Crippen LogP contribution in [0.3, 0.4) is 0 Å². The van der Waals surface area contributed by atoms with Gasteiger partial charge >= 0.3 is 0 Å². The Morgan fingerprint density at radius 3 is 2.00 bits per heavy atom. The van der Waals surface area contributed by atoms with Crippen molar-refractivity contribution in [1.29, 1.82) is 5.26 Å². The van der Waals surface area contributed by atoms with Crippen molar-refractivity contribution >= 4 is 23.6 Å². The molecule has 2 aromatic rings. The van der Waals surface area contributed by atoms with Crippen LogP contribution in [0.4, 0.5) is 5.69 Å². The molecule has 2 aromatic carbocycles. The normalized spacial score (nSPS) is 20.6. The predicted molar refractivity (Wildman–Crippen MR) is 109 cm³/mol. The third-order valence-corrected chi connectivity index (χ3v) is 5.66. The molecule has 1 N–H and O–H groups in total. The van der Waals surface area contributed by atoms with Gasteiger partial charge < -0.3 is 5.32 Å². The lowest BCUT2D eigenvalue weighted by Gasteiger charge is -2.48. The quantitative estimate of drug-likeness (QED) is 0.628. The standard InChI is InChI=1S/C24H19N3O/c1-26-20-8-6-18(7-9-20)15-22-23(28)21(24(22)10-12-27-13-11-24)14-17-2-4-19(16-25)5-3-17/h2-9,14-15,27H,10-13H2/b21-14-,22-15-. The topological polar surface area (TPSA) is 57.2 Å². The first-order valence-electron chi connectivity index (χ1n) is 9.34. The summed E-state index contributed by atoms with van der Waals surface area (Å²) in [6.07, 6.45) is 5.76. The van der Waals surface area contributed by atoms with Gasteiger partial charge in [-0.15, -0.1) is 0 Å². The highest BCUT2D eigenvalue weighted by Crippen LogP contribution is 2.55. The molecular formula is C24H19N3O. The highest BCUT2D eigenvalue weighted by Gasteiger charge is 2.53. The second-order valence-corrected chi connectivity index (χ2v) is 7.21. The van der Waals surface area contributed by atoms with Crippen LogP contribution in [-0.2, 0) is 4.79 Å². The summed E-state index contributed by atoms with van der Waals surface area (Å²) in [6, 6.07) is 16.8. The third-order valence-electron chi connectivity index (χ3n) is 5.66. The van der Waals surface area contributed by atoms with E-state index in [0.29, 0.717) is 11.3 Å². The summed E-state index contributed by atoms with van der Waals surface area (Å²) in [5, 5.41) is 12.4. The number of piperidine rings is 1. The van der Waals surface area contributed by atoms with Crippen molar-refractivity contribution in [1.82, 2.24) is 5.32 Å². The Labute approximate surface area is 164 Å². The first kappa shape index (κ1) is 17.9. The van der Waals surface area contributed by atoms with Crippen LogP contribution in [0.5, 0.6) is 0 Å². The molecule has 0 aromatic heterocycles. The molecule has 2 aliphatic rings. The summed E-state index contributed by atoms with van der Waals surface area (Å²) >= 11 is 0. The SMILES string of the molecule is [C-]#[N+]c1ccc(/C=C2/C(=O)/C(=C/c3ccc(C#N)cc3)C23CCNCC3)cc1. The molecule has 1 saturated heterocycles. The first-order valence-corrected chi connectivity index (χ1v) is 9.34. The fraction of sp³-hybridized carbons (Fsp3) is 0.208. The molecule has 4 nitrogen and oxygen atoms in total. The average molecular weight is 365 g/mol. The lowest BCUT2D eigenvalue weighted by atomic mass is 9.54. The van der Waals surface area contributed by atoms with Gasteiger partial charge in [-0.25, -0.2) is 4.85 Å². The van der Waals surface area contributed by atoms with Crippen molar-refractivity contribution in [3.63, 3.8) is 0 Å². The maximum Gasteiger partial charge on any atom is 0.187 e. The number of nitrogens with zero attached hydrogens (tertiary/aromatic N) is 2. The number of Topliss-reactive ketones (excluding diaryl/α,β-unsaturated/α-hetero) is 1. The second-order valence-electron chi connectivity index (χ2n) is 7.21. The molecule has 1 saturated carbocycles. The van der Waals surface area contributed by atoms with Gasteiger partial charge in [0.05, 0.1) is 18.2 Å². The van der Waals surface area contributed by atoms with E-state index in [1.807, 2.05) is 36.4 Å². The van der Waals surface area contributed by atoms with Crippen LogP contribution >= 0.6 is 0 Å². The number of hydrogen-bond donors (Lipinski definition) is 1. The molecule has 28 heavy (non-hydrogen) atoms. The van der Waals surface area contributed by atoms with E-state index in [2.05, 4.69) is 16.2 Å². The molecule has 0 bridgehead atoms. The van der Waals surface area contributed by atoms with Crippen LogP contribution in [0.2, 0.25) is 0 Å². The molecule has 0 radical (unpaired) electrons.